The van der Waals surface area contributed by atoms with Crippen LogP contribution in [0.25, 0.3) is 0 Å². The predicted molar refractivity (Wildman–Crippen MR) is 56.7 cm³/mol. The van der Waals surface area contributed by atoms with E-state index in [1.807, 2.05) is 24.2 Å². The van der Waals surface area contributed by atoms with Gasteiger partial charge in [0, 0.05) is 24.2 Å². The van der Waals surface area contributed by atoms with Crippen molar-refractivity contribution in [2.24, 2.45) is 0 Å². The van der Waals surface area contributed by atoms with Crippen molar-refractivity contribution in [2.75, 3.05) is 5.75 Å². The molecule has 1 aromatic heterocycles. The number of aromatic nitrogens is 1. The standard InChI is InChI=1S/C10H14N2S/c1-2-9-7-13-10(12-9)8-3-5-11-6-4-8/h3-6,9-10,12H,2,7H2,1H3. The second-order valence-electron chi connectivity index (χ2n) is 3.27. The molecule has 0 spiro atoms. The van der Waals surface area contributed by atoms with Crippen LogP contribution >= 0.6 is 11.8 Å². The largest absolute Gasteiger partial charge is 0.298 e. The SMILES string of the molecule is CCC1CSC(c2ccncc2)N1. The van der Waals surface area contributed by atoms with Crippen molar-refractivity contribution >= 4 is 11.8 Å². The smallest absolute Gasteiger partial charge is 0.0793 e. The van der Waals surface area contributed by atoms with Crippen LogP contribution in [0.4, 0.5) is 0 Å². The Labute approximate surface area is 83.1 Å². The lowest BCUT2D eigenvalue weighted by Crippen LogP contribution is -2.24. The third kappa shape index (κ3) is 2.03. The van der Waals surface area contributed by atoms with Gasteiger partial charge in [0.05, 0.1) is 5.37 Å². The molecule has 2 heterocycles. The van der Waals surface area contributed by atoms with Crippen molar-refractivity contribution in [3.8, 4) is 0 Å². The van der Waals surface area contributed by atoms with Crippen molar-refractivity contribution in [2.45, 2.75) is 24.8 Å². The average Bonchev–Trinajstić information content (AvgIpc) is 2.67. The minimum Gasteiger partial charge on any atom is -0.298 e. The van der Waals surface area contributed by atoms with Gasteiger partial charge in [-0.2, -0.15) is 0 Å². The molecular formula is C10H14N2S. The van der Waals surface area contributed by atoms with Crippen LogP contribution in [0.2, 0.25) is 0 Å². The van der Waals surface area contributed by atoms with E-state index in [2.05, 4.69) is 29.4 Å². The summed E-state index contributed by atoms with van der Waals surface area (Å²) in [5.41, 5.74) is 1.34. The summed E-state index contributed by atoms with van der Waals surface area (Å²) in [5.74, 6) is 1.23. The molecule has 2 unspecified atom stereocenters. The molecule has 2 nitrogen and oxygen atoms in total. The molecule has 0 aliphatic carbocycles. The predicted octanol–water partition coefficient (Wildman–Crippen LogP) is 2.20. The van der Waals surface area contributed by atoms with Gasteiger partial charge in [-0.1, -0.05) is 6.92 Å². The molecule has 1 aliphatic rings. The quantitative estimate of drug-likeness (QED) is 0.781. The van der Waals surface area contributed by atoms with Gasteiger partial charge < -0.3 is 0 Å². The van der Waals surface area contributed by atoms with Crippen LogP contribution in [-0.4, -0.2) is 16.8 Å². The van der Waals surface area contributed by atoms with E-state index in [0.717, 1.165) is 0 Å². The molecule has 1 aliphatic heterocycles. The van der Waals surface area contributed by atoms with Gasteiger partial charge in [0.25, 0.3) is 0 Å². The minimum atomic E-state index is 0.480. The Morgan fingerprint density at radius 3 is 2.92 bits per heavy atom. The van der Waals surface area contributed by atoms with E-state index in [1.54, 1.807) is 0 Å². The summed E-state index contributed by atoms with van der Waals surface area (Å²) >= 11 is 1.99. The van der Waals surface area contributed by atoms with E-state index in [4.69, 9.17) is 0 Å². The van der Waals surface area contributed by atoms with Gasteiger partial charge in [0.1, 0.15) is 0 Å². The molecule has 1 saturated heterocycles. The first-order valence-corrected chi connectivity index (χ1v) is 5.72. The van der Waals surface area contributed by atoms with Crippen LogP contribution in [-0.2, 0) is 0 Å². The van der Waals surface area contributed by atoms with Crippen molar-refractivity contribution in [3.05, 3.63) is 30.1 Å². The summed E-state index contributed by atoms with van der Waals surface area (Å²) in [6.45, 7) is 2.23. The van der Waals surface area contributed by atoms with Gasteiger partial charge in [0.15, 0.2) is 0 Å². The van der Waals surface area contributed by atoms with Gasteiger partial charge in [0.2, 0.25) is 0 Å². The Kier molecular flexibility index (Phi) is 2.86. The highest BCUT2D eigenvalue weighted by Crippen LogP contribution is 2.32. The third-order valence-corrected chi connectivity index (χ3v) is 3.69. The summed E-state index contributed by atoms with van der Waals surface area (Å²) in [6.07, 6.45) is 4.93. The zero-order chi connectivity index (χ0) is 9.10. The first-order valence-electron chi connectivity index (χ1n) is 4.67. The number of hydrogen-bond acceptors (Lipinski definition) is 3. The lowest BCUT2D eigenvalue weighted by molar-refractivity contribution is 0.561. The Morgan fingerprint density at radius 2 is 2.31 bits per heavy atom. The normalized spacial score (nSPS) is 27.8. The molecule has 1 N–H and O–H groups in total. The number of rotatable bonds is 2. The summed E-state index contributed by atoms with van der Waals surface area (Å²) in [6, 6.07) is 4.86. The van der Waals surface area contributed by atoms with Gasteiger partial charge >= 0.3 is 0 Å². The first-order chi connectivity index (χ1) is 6.40. The lowest BCUT2D eigenvalue weighted by Gasteiger charge is -2.11. The van der Waals surface area contributed by atoms with E-state index < -0.39 is 0 Å². The van der Waals surface area contributed by atoms with Gasteiger partial charge in [-0.15, -0.1) is 11.8 Å². The molecule has 1 fully saturated rings. The van der Waals surface area contributed by atoms with Crippen LogP contribution in [0.3, 0.4) is 0 Å². The molecule has 1 aromatic rings. The number of thioether (sulfide) groups is 1. The fourth-order valence-corrected chi connectivity index (χ4v) is 2.88. The molecule has 0 aromatic carbocycles. The zero-order valence-corrected chi connectivity index (χ0v) is 8.55. The highest BCUT2D eigenvalue weighted by Gasteiger charge is 2.23. The third-order valence-electron chi connectivity index (χ3n) is 2.35. The molecule has 2 rings (SSSR count). The average molecular weight is 194 g/mol. The van der Waals surface area contributed by atoms with E-state index in [-0.39, 0.29) is 0 Å². The van der Waals surface area contributed by atoms with Gasteiger partial charge in [-0.25, -0.2) is 0 Å². The molecule has 70 valence electrons. The zero-order valence-electron chi connectivity index (χ0n) is 7.73. The van der Waals surface area contributed by atoms with Crippen LogP contribution in [0.1, 0.15) is 24.3 Å². The highest BCUT2D eigenvalue weighted by atomic mass is 32.2. The maximum atomic E-state index is 4.02. The Hall–Kier alpha value is -0.540. The van der Waals surface area contributed by atoms with Crippen LogP contribution < -0.4 is 5.32 Å². The molecule has 0 saturated carbocycles. The molecular weight excluding hydrogens is 180 g/mol. The summed E-state index contributed by atoms with van der Waals surface area (Å²) in [4.78, 5) is 4.02. The molecule has 0 amide bonds. The van der Waals surface area contributed by atoms with E-state index in [9.17, 15) is 0 Å². The monoisotopic (exact) mass is 194 g/mol. The van der Waals surface area contributed by atoms with Crippen molar-refractivity contribution in [1.82, 2.24) is 10.3 Å². The lowest BCUT2D eigenvalue weighted by atomic mass is 10.2. The number of nitrogens with one attached hydrogen (secondary N) is 1. The fraction of sp³-hybridized carbons (Fsp3) is 0.500. The van der Waals surface area contributed by atoms with Crippen molar-refractivity contribution in [3.63, 3.8) is 0 Å². The van der Waals surface area contributed by atoms with E-state index >= 15 is 0 Å². The maximum absolute atomic E-state index is 4.02. The van der Waals surface area contributed by atoms with Crippen LogP contribution in [0.5, 0.6) is 0 Å². The summed E-state index contributed by atoms with van der Waals surface area (Å²) in [7, 11) is 0. The summed E-state index contributed by atoms with van der Waals surface area (Å²) < 4.78 is 0. The van der Waals surface area contributed by atoms with Crippen molar-refractivity contribution in [1.29, 1.82) is 0 Å². The minimum absolute atomic E-state index is 0.480. The Balaban J connectivity index is 2.04. The molecule has 2 atom stereocenters. The summed E-state index contributed by atoms with van der Waals surface area (Å²) in [5, 5.41) is 4.07. The van der Waals surface area contributed by atoms with Gasteiger partial charge in [-0.05, 0) is 24.1 Å². The fourth-order valence-electron chi connectivity index (χ4n) is 1.49. The molecule has 0 bridgehead atoms. The Morgan fingerprint density at radius 1 is 1.54 bits per heavy atom. The van der Waals surface area contributed by atoms with Crippen LogP contribution in [0.15, 0.2) is 24.5 Å². The molecule has 3 heteroatoms. The highest BCUT2D eigenvalue weighted by molar-refractivity contribution is 7.99. The van der Waals surface area contributed by atoms with E-state index in [0.29, 0.717) is 11.4 Å². The second-order valence-corrected chi connectivity index (χ2v) is 4.40. The number of nitrogens with zero attached hydrogens (tertiary/aromatic N) is 1. The number of pyridine rings is 1. The number of hydrogen-bond donors (Lipinski definition) is 1. The maximum Gasteiger partial charge on any atom is 0.0793 e. The first kappa shape index (κ1) is 9.03. The van der Waals surface area contributed by atoms with E-state index in [1.165, 1.54) is 17.7 Å². The molecule has 0 radical (unpaired) electrons. The van der Waals surface area contributed by atoms with Gasteiger partial charge in [-0.3, -0.25) is 10.3 Å². The van der Waals surface area contributed by atoms with Crippen LogP contribution in [0, 0.1) is 0 Å². The topological polar surface area (TPSA) is 24.9 Å². The second kappa shape index (κ2) is 4.11. The Bertz CT molecular complexity index is 263. The molecule has 13 heavy (non-hydrogen) atoms. The van der Waals surface area contributed by atoms with Crippen molar-refractivity contribution < 1.29 is 0 Å².